The Hall–Kier alpha value is -2.53. The van der Waals surface area contributed by atoms with Crippen LogP contribution in [0.3, 0.4) is 0 Å². The van der Waals surface area contributed by atoms with Crippen LogP contribution in [0.2, 0.25) is 0 Å². The van der Waals surface area contributed by atoms with Gasteiger partial charge < -0.3 is 18.9 Å². The van der Waals surface area contributed by atoms with E-state index in [0.29, 0.717) is 5.75 Å². The number of rotatable bonds is 8. The van der Waals surface area contributed by atoms with E-state index >= 15 is 0 Å². The first kappa shape index (κ1) is 20.8. The van der Waals surface area contributed by atoms with Crippen molar-refractivity contribution in [2.45, 2.75) is 40.0 Å². The first-order chi connectivity index (χ1) is 12.8. The van der Waals surface area contributed by atoms with Crippen LogP contribution in [0.25, 0.3) is 0 Å². The van der Waals surface area contributed by atoms with Crippen molar-refractivity contribution in [1.29, 1.82) is 0 Å². The molecular weight excluding hydrogens is 344 g/mol. The molecule has 0 radical (unpaired) electrons. The number of carbonyl (C=O) groups is 1. The summed E-state index contributed by atoms with van der Waals surface area (Å²) < 4.78 is 20.9. The van der Waals surface area contributed by atoms with Crippen molar-refractivity contribution in [3.8, 4) is 11.5 Å². The Bertz CT molecular complexity index is 795. The number of benzene rings is 2. The Morgan fingerprint density at radius 1 is 0.889 bits per heavy atom. The van der Waals surface area contributed by atoms with Crippen LogP contribution in [-0.2, 0) is 19.7 Å². The lowest BCUT2D eigenvalue weighted by molar-refractivity contribution is -0.147. The molecule has 5 heteroatoms. The van der Waals surface area contributed by atoms with E-state index in [0.717, 1.165) is 16.9 Å². The standard InChI is InChI=1S/C22H28O5/c1-15-11-18(7-9-20(15)26-13-24-6)22(4,5)19-8-10-21(16(2)12-19)27-14-25-17(3)23/h7-12H,13-14H2,1-6H3. The largest absolute Gasteiger partial charge is 0.467 e. The lowest BCUT2D eigenvalue weighted by Crippen LogP contribution is -2.19. The molecule has 2 aromatic carbocycles. The number of hydrogen-bond acceptors (Lipinski definition) is 5. The van der Waals surface area contributed by atoms with E-state index in [1.54, 1.807) is 7.11 Å². The fourth-order valence-corrected chi connectivity index (χ4v) is 2.87. The lowest BCUT2D eigenvalue weighted by atomic mass is 9.77. The fourth-order valence-electron chi connectivity index (χ4n) is 2.87. The van der Waals surface area contributed by atoms with Crippen molar-refractivity contribution in [2.24, 2.45) is 0 Å². The minimum absolute atomic E-state index is 0.0823. The molecule has 0 aliphatic heterocycles. The summed E-state index contributed by atoms with van der Waals surface area (Å²) in [6.07, 6.45) is 0. The number of carbonyl (C=O) groups excluding carboxylic acids is 1. The number of hydrogen-bond donors (Lipinski definition) is 0. The minimum Gasteiger partial charge on any atom is -0.467 e. The van der Waals surface area contributed by atoms with Crippen LogP contribution in [0.1, 0.15) is 43.0 Å². The van der Waals surface area contributed by atoms with Gasteiger partial charge in [0.1, 0.15) is 11.5 Å². The van der Waals surface area contributed by atoms with Gasteiger partial charge in [0.15, 0.2) is 6.79 Å². The summed E-state index contributed by atoms with van der Waals surface area (Å²) >= 11 is 0. The van der Waals surface area contributed by atoms with Gasteiger partial charge in [-0.25, -0.2) is 0 Å². The Morgan fingerprint density at radius 3 is 1.78 bits per heavy atom. The predicted molar refractivity (Wildman–Crippen MR) is 104 cm³/mol. The molecule has 0 fully saturated rings. The molecule has 2 rings (SSSR count). The average molecular weight is 372 g/mol. The van der Waals surface area contributed by atoms with E-state index in [9.17, 15) is 4.79 Å². The molecule has 146 valence electrons. The topological polar surface area (TPSA) is 54.0 Å². The molecule has 0 spiro atoms. The zero-order valence-electron chi connectivity index (χ0n) is 16.9. The molecule has 27 heavy (non-hydrogen) atoms. The monoisotopic (exact) mass is 372 g/mol. The summed E-state index contributed by atoms with van der Waals surface area (Å²) in [6.45, 7) is 9.89. The van der Waals surface area contributed by atoms with Crippen molar-refractivity contribution in [1.82, 2.24) is 0 Å². The van der Waals surface area contributed by atoms with Gasteiger partial charge in [-0.2, -0.15) is 0 Å². The Balaban J connectivity index is 2.21. The van der Waals surface area contributed by atoms with E-state index < -0.39 is 0 Å². The van der Waals surface area contributed by atoms with Crippen LogP contribution in [-0.4, -0.2) is 26.7 Å². The number of esters is 1. The second-order valence-corrected chi connectivity index (χ2v) is 7.03. The number of methoxy groups -OCH3 is 1. The van der Waals surface area contributed by atoms with E-state index in [1.807, 2.05) is 32.0 Å². The van der Waals surface area contributed by atoms with E-state index in [1.165, 1.54) is 18.1 Å². The summed E-state index contributed by atoms with van der Waals surface area (Å²) in [5.74, 6) is 1.16. The van der Waals surface area contributed by atoms with E-state index in [2.05, 4.69) is 32.0 Å². The highest BCUT2D eigenvalue weighted by Gasteiger charge is 2.24. The van der Waals surface area contributed by atoms with Gasteiger partial charge in [0.05, 0.1) is 0 Å². The molecular formula is C22H28O5. The smallest absolute Gasteiger partial charge is 0.305 e. The maximum absolute atomic E-state index is 10.9. The Labute approximate surface area is 161 Å². The molecule has 0 aliphatic carbocycles. The molecule has 2 aromatic rings. The van der Waals surface area contributed by atoms with Gasteiger partial charge in [-0.3, -0.25) is 4.79 Å². The third-order valence-corrected chi connectivity index (χ3v) is 4.60. The number of ether oxygens (including phenoxy) is 4. The van der Waals surface area contributed by atoms with Crippen molar-refractivity contribution < 1.29 is 23.7 Å². The van der Waals surface area contributed by atoms with Crippen LogP contribution in [0.5, 0.6) is 11.5 Å². The number of aryl methyl sites for hydroxylation is 2. The van der Waals surface area contributed by atoms with Crippen LogP contribution in [0.15, 0.2) is 36.4 Å². The van der Waals surface area contributed by atoms with Gasteiger partial charge in [0.2, 0.25) is 6.79 Å². The minimum atomic E-state index is -0.362. The summed E-state index contributed by atoms with van der Waals surface area (Å²) in [5.41, 5.74) is 4.23. The summed E-state index contributed by atoms with van der Waals surface area (Å²) in [6, 6.07) is 12.3. The molecule has 0 saturated carbocycles. The van der Waals surface area contributed by atoms with Gasteiger partial charge in [-0.15, -0.1) is 0 Å². The van der Waals surface area contributed by atoms with Crippen LogP contribution in [0.4, 0.5) is 0 Å². The summed E-state index contributed by atoms with van der Waals surface area (Å²) in [5, 5.41) is 0. The average Bonchev–Trinajstić information content (AvgIpc) is 2.61. The Morgan fingerprint density at radius 2 is 1.37 bits per heavy atom. The SMILES string of the molecule is COCOc1ccc(C(C)(C)c2ccc(OCOC(C)=O)c(C)c2)cc1C. The van der Waals surface area contributed by atoms with Crippen molar-refractivity contribution in [3.63, 3.8) is 0 Å². The third-order valence-electron chi connectivity index (χ3n) is 4.60. The summed E-state index contributed by atoms with van der Waals surface area (Å²) in [4.78, 5) is 10.9. The van der Waals surface area contributed by atoms with Crippen LogP contribution in [0, 0.1) is 13.8 Å². The van der Waals surface area contributed by atoms with Gasteiger partial charge in [0.25, 0.3) is 0 Å². The molecule has 0 heterocycles. The molecule has 0 bridgehead atoms. The van der Waals surface area contributed by atoms with Crippen molar-refractivity contribution in [2.75, 3.05) is 20.7 Å². The van der Waals surface area contributed by atoms with Gasteiger partial charge >= 0.3 is 5.97 Å². The molecule has 0 amide bonds. The van der Waals surface area contributed by atoms with E-state index in [4.69, 9.17) is 18.9 Å². The lowest BCUT2D eigenvalue weighted by Gasteiger charge is -2.28. The fraction of sp³-hybridized carbons (Fsp3) is 0.409. The van der Waals surface area contributed by atoms with Gasteiger partial charge in [-0.05, 0) is 48.2 Å². The molecule has 5 nitrogen and oxygen atoms in total. The zero-order chi connectivity index (χ0) is 20.0. The van der Waals surface area contributed by atoms with Crippen molar-refractivity contribution in [3.05, 3.63) is 58.7 Å². The van der Waals surface area contributed by atoms with Gasteiger partial charge in [-0.1, -0.05) is 38.1 Å². The van der Waals surface area contributed by atoms with Crippen LogP contribution < -0.4 is 9.47 Å². The Kier molecular flexibility index (Phi) is 6.86. The quantitative estimate of drug-likeness (QED) is 0.504. The summed E-state index contributed by atoms with van der Waals surface area (Å²) in [7, 11) is 1.61. The molecule has 0 atom stereocenters. The first-order valence-corrected chi connectivity index (χ1v) is 8.86. The molecule has 0 N–H and O–H groups in total. The van der Waals surface area contributed by atoms with Crippen LogP contribution >= 0.6 is 0 Å². The maximum Gasteiger partial charge on any atom is 0.305 e. The molecule has 0 aliphatic rings. The third kappa shape index (κ3) is 5.23. The van der Waals surface area contributed by atoms with Gasteiger partial charge in [0, 0.05) is 19.4 Å². The van der Waals surface area contributed by atoms with Crippen molar-refractivity contribution >= 4 is 5.97 Å². The molecule has 0 aromatic heterocycles. The molecule has 0 saturated heterocycles. The van der Waals surface area contributed by atoms with E-state index in [-0.39, 0.29) is 25.0 Å². The predicted octanol–water partition coefficient (Wildman–Crippen LogP) is 4.51. The second-order valence-electron chi connectivity index (χ2n) is 7.03. The maximum atomic E-state index is 10.9. The highest BCUT2D eigenvalue weighted by molar-refractivity contribution is 5.65. The second kappa shape index (κ2) is 8.91. The highest BCUT2D eigenvalue weighted by Crippen LogP contribution is 2.35. The normalized spacial score (nSPS) is 11.2. The zero-order valence-corrected chi connectivity index (χ0v) is 16.9. The highest BCUT2D eigenvalue weighted by atomic mass is 16.7. The molecule has 0 unspecified atom stereocenters. The first-order valence-electron chi connectivity index (χ1n) is 8.86.